The minimum absolute atomic E-state index is 0.0673. The third kappa shape index (κ3) is 4.05. The zero-order chi connectivity index (χ0) is 18.2. The highest BCUT2D eigenvalue weighted by molar-refractivity contribution is 6.11. The minimum Gasteiger partial charge on any atom is -0.292 e. The van der Waals surface area contributed by atoms with Crippen LogP contribution in [0.5, 0.6) is 0 Å². The molecule has 0 radical (unpaired) electrons. The van der Waals surface area contributed by atoms with E-state index in [1.54, 1.807) is 0 Å². The highest BCUT2D eigenvalue weighted by atomic mass is 19.4. The largest absolute Gasteiger partial charge is 0.461 e. The predicted molar refractivity (Wildman–Crippen MR) is 57.8 cm³/mol. The molecule has 4 nitrogen and oxygen atoms in total. The van der Waals surface area contributed by atoms with Gasteiger partial charge in [0.25, 0.3) is 0 Å². The third-order valence-electron chi connectivity index (χ3n) is 2.75. The van der Waals surface area contributed by atoms with Crippen LogP contribution < -0.4 is 0 Å². The molecule has 0 aliphatic heterocycles. The van der Waals surface area contributed by atoms with Crippen molar-refractivity contribution in [3.63, 3.8) is 0 Å². The Morgan fingerprint density at radius 1 is 1.13 bits per heavy atom. The van der Waals surface area contributed by atoms with Gasteiger partial charge in [-0.1, -0.05) is 0 Å². The lowest BCUT2D eigenvalue weighted by molar-refractivity contribution is -0.269. The van der Waals surface area contributed by atoms with Gasteiger partial charge in [-0.25, -0.2) is 0 Å². The quantitative estimate of drug-likeness (QED) is 0.465. The van der Waals surface area contributed by atoms with E-state index in [2.05, 4.69) is 5.10 Å². The molecule has 1 aromatic heterocycles. The average molecular weight is 352 g/mol. The van der Waals surface area contributed by atoms with E-state index in [1.807, 2.05) is 0 Å². The number of carbonyl (C=O) groups is 2. The Hall–Kier alpha value is -2.01. The van der Waals surface area contributed by atoms with Crippen LogP contribution in [0.1, 0.15) is 17.4 Å². The lowest BCUT2D eigenvalue weighted by Crippen LogP contribution is -2.48. The molecule has 1 rings (SSSR count). The maximum absolute atomic E-state index is 12.9. The van der Waals surface area contributed by atoms with Gasteiger partial charge in [-0.15, -0.1) is 0 Å². The maximum atomic E-state index is 12.9. The summed E-state index contributed by atoms with van der Waals surface area (Å²) in [6.45, 7) is -1.31. The molecule has 0 aromatic carbocycles. The Balaban J connectivity index is 3.07. The molecule has 1 aromatic rings. The predicted octanol–water partition coefficient (Wildman–Crippen LogP) is 3.03. The van der Waals surface area contributed by atoms with Crippen LogP contribution in [0.3, 0.4) is 0 Å². The van der Waals surface area contributed by atoms with Gasteiger partial charge in [0, 0.05) is 6.20 Å². The SMILES string of the molecule is CC(C(=O)c1ccnn1CC(F)(F)F)C(=O)C(F)(F)C(F)(F)F. The normalized spacial score (nSPS) is 14.7. The number of Topliss-reactive ketones (excluding diaryl/α,β-unsaturated/α-hetero) is 2. The van der Waals surface area contributed by atoms with E-state index < -0.39 is 48.0 Å². The number of nitrogens with zero attached hydrogens (tertiary/aromatic N) is 2. The van der Waals surface area contributed by atoms with Gasteiger partial charge in [0.15, 0.2) is 5.78 Å². The molecular formula is C11H8F8N2O2. The summed E-state index contributed by atoms with van der Waals surface area (Å²) < 4.78 is 99.0. The molecule has 0 aliphatic rings. The number of alkyl halides is 8. The summed E-state index contributed by atoms with van der Waals surface area (Å²) in [5.74, 6) is -12.7. The lowest BCUT2D eigenvalue weighted by Gasteiger charge is -2.21. The molecule has 130 valence electrons. The molecule has 0 saturated heterocycles. The maximum Gasteiger partial charge on any atom is 0.461 e. The van der Waals surface area contributed by atoms with Crippen molar-refractivity contribution < 1.29 is 44.7 Å². The van der Waals surface area contributed by atoms with Crippen LogP contribution in [0, 0.1) is 5.92 Å². The van der Waals surface area contributed by atoms with Crippen molar-refractivity contribution in [2.45, 2.75) is 31.7 Å². The highest BCUT2D eigenvalue weighted by Gasteiger charge is 2.64. The zero-order valence-electron chi connectivity index (χ0n) is 11.2. The monoisotopic (exact) mass is 352 g/mol. The second kappa shape index (κ2) is 5.89. The van der Waals surface area contributed by atoms with Gasteiger partial charge in [-0.05, 0) is 13.0 Å². The van der Waals surface area contributed by atoms with Crippen molar-refractivity contribution in [2.24, 2.45) is 5.92 Å². The molecule has 0 fully saturated rings. The number of ketones is 2. The number of carbonyl (C=O) groups excluding carboxylic acids is 2. The van der Waals surface area contributed by atoms with E-state index >= 15 is 0 Å². The molecule has 0 bridgehead atoms. The first-order valence-corrected chi connectivity index (χ1v) is 5.80. The van der Waals surface area contributed by atoms with E-state index in [4.69, 9.17) is 0 Å². The minimum atomic E-state index is -6.22. The van der Waals surface area contributed by atoms with Gasteiger partial charge in [0.2, 0.25) is 5.78 Å². The molecule has 0 spiro atoms. The first kappa shape index (κ1) is 19.0. The van der Waals surface area contributed by atoms with Crippen LogP contribution in [0.15, 0.2) is 12.3 Å². The highest BCUT2D eigenvalue weighted by Crippen LogP contribution is 2.38. The molecule has 1 atom stereocenters. The number of hydrogen-bond donors (Lipinski definition) is 0. The smallest absolute Gasteiger partial charge is 0.292 e. The van der Waals surface area contributed by atoms with Crippen LogP contribution in [0.25, 0.3) is 0 Å². The second-order valence-electron chi connectivity index (χ2n) is 4.51. The number of rotatable bonds is 5. The van der Waals surface area contributed by atoms with Gasteiger partial charge in [0.1, 0.15) is 12.2 Å². The van der Waals surface area contributed by atoms with Gasteiger partial charge in [-0.2, -0.15) is 40.2 Å². The van der Waals surface area contributed by atoms with Crippen LogP contribution in [-0.4, -0.2) is 39.6 Å². The Bertz CT molecular complexity index is 602. The van der Waals surface area contributed by atoms with Crippen molar-refractivity contribution in [1.29, 1.82) is 0 Å². The summed E-state index contributed by atoms with van der Waals surface area (Å²) >= 11 is 0. The van der Waals surface area contributed by atoms with Gasteiger partial charge < -0.3 is 0 Å². The molecule has 1 unspecified atom stereocenters. The first-order valence-electron chi connectivity index (χ1n) is 5.80. The number of halogens is 8. The molecular weight excluding hydrogens is 344 g/mol. The summed E-state index contributed by atoms with van der Waals surface area (Å²) in [7, 11) is 0. The fourth-order valence-electron chi connectivity index (χ4n) is 1.59. The Morgan fingerprint density at radius 2 is 1.65 bits per heavy atom. The molecule has 1 heterocycles. The summed E-state index contributed by atoms with van der Waals surface area (Å²) in [5.41, 5.74) is -0.902. The zero-order valence-corrected chi connectivity index (χ0v) is 11.2. The van der Waals surface area contributed by atoms with Crippen LogP contribution in [-0.2, 0) is 11.3 Å². The topological polar surface area (TPSA) is 52.0 Å². The van der Waals surface area contributed by atoms with E-state index in [-0.39, 0.29) is 4.68 Å². The van der Waals surface area contributed by atoms with E-state index in [9.17, 15) is 44.7 Å². The van der Waals surface area contributed by atoms with Crippen LogP contribution in [0.2, 0.25) is 0 Å². The molecule has 23 heavy (non-hydrogen) atoms. The molecule has 0 aliphatic carbocycles. The Kier molecular flexibility index (Phi) is 4.87. The molecule has 0 N–H and O–H groups in total. The Morgan fingerprint density at radius 3 is 2.09 bits per heavy atom. The van der Waals surface area contributed by atoms with E-state index in [0.29, 0.717) is 13.0 Å². The van der Waals surface area contributed by atoms with E-state index in [1.165, 1.54) is 0 Å². The van der Waals surface area contributed by atoms with Gasteiger partial charge in [0.05, 0.1) is 5.92 Å². The number of hydrogen-bond acceptors (Lipinski definition) is 3. The summed E-state index contributed by atoms with van der Waals surface area (Å²) in [5, 5.41) is 3.13. The summed E-state index contributed by atoms with van der Waals surface area (Å²) in [6, 6.07) is 0.684. The van der Waals surface area contributed by atoms with Crippen molar-refractivity contribution >= 4 is 11.6 Å². The third-order valence-corrected chi connectivity index (χ3v) is 2.75. The van der Waals surface area contributed by atoms with Crippen LogP contribution in [0.4, 0.5) is 35.1 Å². The van der Waals surface area contributed by atoms with Crippen molar-refractivity contribution in [2.75, 3.05) is 0 Å². The fourth-order valence-corrected chi connectivity index (χ4v) is 1.59. The van der Waals surface area contributed by atoms with Gasteiger partial charge >= 0.3 is 18.3 Å². The standard InChI is InChI=1S/C11H8F8N2O2/c1-5(8(23)10(15,16)11(17,18)19)7(22)6-2-3-20-21(6)4-9(12,13)14/h2-3,5H,4H2,1H3. The van der Waals surface area contributed by atoms with Crippen LogP contribution >= 0.6 is 0 Å². The van der Waals surface area contributed by atoms with Crippen molar-refractivity contribution in [3.05, 3.63) is 18.0 Å². The molecule has 12 heteroatoms. The number of aromatic nitrogens is 2. The second-order valence-corrected chi connectivity index (χ2v) is 4.51. The fraction of sp³-hybridized carbons (Fsp3) is 0.545. The Labute approximate surface area is 123 Å². The molecule has 0 amide bonds. The average Bonchev–Trinajstić information content (AvgIpc) is 2.80. The lowest BCUT2D eigenvalue weighted by atomic mass is 9.94. The van der Waals surface area contributed by atoms with Gasteiger partial charge in [-0.3, -0.25) is 14.3 Å². The van der Waals surface area contributed by atoms with E-state index in [0.717, 1.165) is 6.20 Å². The summed E-state index contributed by atoms with van der Waals surface area (Å²) in [6.07, 6.45) is -10.3. The van der Waals surface area contributed by atoms with Crippen molar-refractivity contribution in [1.82, 2.24) is 9.78 Å². The first-order chi connectivity index (χ1) is 10.2. The summed E-state index contributed by atoms with van der Waals surface area (Å²) in [4.78, 5) is 23.0. The van der Waals surface area contributed by atoms with Crippen molar-refractivity contribution in [3.8, 4) is 0 Å². The molecule has 0 saturated carbocycles.